The molecule has 1 aliphatic heterocycles. The van der Waals surface area contributed by atoms with E-state index in [4.69, 9.17) is 26.7 Å². The highest BCUT2D eigenvalue weighted by Gasteiger charge is 2.42. The van der Waals surface area contributed by atoms with Crippen LogP contribution in [0.4, 0.5) is 9.59 Å². The van der Waals surface area contributed by atoms with Gasteiger partial charge in [-0.05, 0) is 25.5 Å². The first-order valence-corrected chi connectivity index (χ1v) is 10.4. The van der Waals surface area contributed by atoms with Crippen LogP contribution >= 0.6 is 0 Å². The zero-order valence-electron chi connectivity index (χ0n) is 18.9. The maximum absolute atomic E-state index is 12.4. The topological polar surface area (TPSA) is 241 Å². The maximum atomic E-state index is 12.4. The van der Waals surface area contributed by atoms with Crippen molar-refractivity contribution in [2.75, 3.05) is 26.8 Å². The number of rotatable bonds is 12. The van der Waals surface area contributed by atoms with E-state index < -0.39 is 61.0 Å². The fraction of sp³-hybridized carbons (Fsp3) is 0.632. The zero-order valence-corrected chi connectivity index (χ0v) is 18.9. The van der Waals surface area contributed by atoms with Crippen LogP contribution in [0.2, 0.25) is 0 Å². The number of carbonyl (C=O) groups excluding carboxylic acids is 4. The molecular weight excluding hydrogens is 456 g/mol. The lowest BCUT2D eigenvalue weighted by Gasteiger charge is -2.40. The summed E-state index contributed by atoms with van der Waals surface area (Å²) < 4.78 is 20.2. The van der Waals surface area contributed by atoms with Gasteiger partial charge in [0, 0.05) is 38.5 Å². The van der Waals surface area contributed by atoms with Crippen LogP contribution in [0.25, 0.3) is 5.73 Å². The number of carbonyl (C=O) groups is 4. The van der Waals surface area contributed by atoms with E-state index in [9.17, 15) is 24.3 Å². The van der Waals surface area contributed by atoms with Crippen LogP contribution in [-0.4, -0.2) is 81.2 Å². The third-order valence-corrected chi connectivity index (χ3v) is 4.50. The lowest BCUT2D eigenvalue weighted by atomic mass is 9.93. The van der Waals surface area contributed by atoms with Gasteiger partial charge in [-0.25, -0.2) is 9.59 Å². The van der Waals surface area contributed by atoms with Gasteiger partial charge in [-0.1, -0.05) is 0 Å². The van der Waals surface area contributed by atoms with Crippen molar-refractivity contribution in [3.8, 4) is 0 Å². The number of carboxylic acid groups (broad SMARTS) is 1. The van der Waals surface area contributed by atoms with E-state index >= 15 is 0 Å². The SMILES string of the molecule is COC(=O)C1=CC(N=C([NH-])N)[C@@H](NC(C)=O)[C@H]([C@@H](CCOC(=O)[O-])OC(=O)NCCCCN)O1. The Morgan fingerprint density at radius 2 is 2.03 bits per heavy atom. The zero-order chi connectivity index (χ0) is 25.7. The Morgan fingerprint density at radius 3 is 2.59 bits per heavy atom. The van der Waals surface area contributed by atoms with E-state index in [1.165, 1.54) is 13.0 Å². The highest BCUT2D eigenvalue weighted by molar-refractivity contribution is 5.88. The average Bonchev–Trinajstić information content (AvgIpc) is 2.75. The number of nitrogens with one attached hydrogen (secondary N) is 3. The van der Waals surface area contributed by atoms with E-state index in [-0.39, 0.29) is 18.7 Å². The number of hydrogen-bond acceptors (Lipinski definition) is 11. The number of ether oxygens (including phenoxy) is 4. The van der Waals surface area contributed by atoms with Gasteiger partial charge in [0.2, 0.25) is 11.7 Å². The summed E-state index contributed by atoms with van der Waals surface area (Å²) in [6, 6.07) is -2.14. The van der Waals surface area contributed by atoms with Gasteiger partial charge in [0.15, 0.2) is 6.10 Å². The molecule has 15 nitrogen and oxygen atoms in total. The number of esters is 1. The van der Waals surface area contributed by atoms with Gasteiger partial charge < -0.3 is 61.7 Å². The van der Waals surface area contributed by atoms with Gasteiger partial charge in [0.25, 0.3) is 6.16 Å². The predicted octanol–water partition coefficient (Wildman–Crippen LogP) is -1.73. The maximum Gasteiger partial charge on any atom is 0.407 e. The predicted molar refractivity (Wildman–Crippen MR) is 115 cm³/mol. The number of alkyl carbamates (subject to hydrolysis) is 1. The first-order valence-electron chi connectivity index (χ1n) is 10.4. The van der Waals surface area contributed by atoms with E-state index in [0.29, 0.717) is 19.4 Å². The van der Waals surface area contributed by atoms with E-state index in [0.717, 1.165) is 7.11 Å². The smallest absolute Gasteiger partial charge is 0.407 e. The Kier molecular flexibility index (Phi) is 12.0. The Balaban J connectivity index is 3.28. The van der Waals surface area contributed by atoms with E-state index in [2.05, 4.69) is 25.1 Å². The molecule has 0 aromatic heterocycles. The Morgan fingerprint density at radius 1 is 1.32 bits per heavy atom. The Bertz CT molecular complexity index is 784. The highest BCUT2D eigenvalue weighted by atomic mass is 16.7. The van der Waals surface area contributed by atoms with Crippen molar-refractivity contribution in [3.63, 3.8) is 0 Å². The van der Waals surface area contributed by atoms with Crippen molar-refractivity contribution in [2.24, 2.45) is 16.5 Å². The molecule has 0 saturated heterocycles. The first-order chi connectivity index (χ1) is 16.1. The molecule has 192 valence electrons. The van der Waals surface area contributed by atoms with Gasteiger partial charge >= 0.3 is 12.1 Å². The van der Waals surface area contributed by atoms with Crippen LogP contribution < -0.4 is 27.2 Å². The van der Waals surface area contributed by atoms with Crippen molar-refractivity contribution in [2.45, 2.75) is 50.5 Å². The van der Waals surface area contributed by atoms with Crippen LogP contribution in [0.3, 0.4) is 0 Å². The van der Waals surface area contributed by atoms with Crippen molar-refractivity contribution in [1.82, 2.24) is 10.6 Å². The summed E-state index contributed by atoms with van der Waals surface area (Å²) >= 11 is 0. The highest BCUT2D eigenvalue weighted by Crippen LogP contribution is 2.27. The van der Waals surface area contributed by atoms with Gasteiger partial charge in [0.05, 0.1) is 13.2 Å². The number of unbranched alkanes of at least 4 members (excludes halogenated alkanes) is 1. The molecule has 1 rings (SSSR count). The largest absolute Gasteiger partial charge is 0.549 e. The second-order valence-corrected chi connectivity index (χ2v) is 7.09. The number of methoxy groups -OCH3 is 1. The molecular formula is C19H30N6O9-2. The molecule has 0 aromatic carbocycles. The second-order valence-electron chi connectivity index (χ2n) is 7.09. The Labute approximate surface area is 196 Å². The molecule has 7 N–H and O–H groups in total. The second kappa shape index (κ2) is 14.4. The number of guanidine groups is 1. The fourth-order valence-electron chi connectivity index (χ4n) is 3.10. The number of aliphatic imine (C=N–C) groups is 1. The third-order valence-electron chi connectivity index (χ3n) is 4.50. The summed E-state index contributed by atoms with van der Waals surface area (Å²) in [6.45, 7) is 1.46. The molecule has 0 bridgehead atoms. The van der Waals surface area contributed by atoms with Crippen molar-refractivity contribution in [1.29, 1.82) is 0 Å². The van der Waals surface area contributed by atoms with Crippen LogP contribution in [0.5, 0.6) is 0 Å². The molecule has 0 fully saturated rings. The summed E-state index contributed by atoms with van der Waals surface area (Å²) in [7, 11) is 1.11. The fourth-order valence-corrected chi connectivity index (χ4v) is 3.10. The third kappa shape index (κ3) is 9.81. The van der Waals surface area contributed by atoms with Crippen LogP contribution in [0.15, 0.2) is 16.8 Å². The summed E-state index contributed by atoms with van der Waals surface area (Å²) in [6.07, 6.45) is -2.95. The van der Waals surface area contributed by atoms with Gasteiger partial charge in [-0.2, -0.15) is 0 Å². The van der Waals surface area contributed by atoms with Crippen LogP contribution in [0, 0.1) is 0 Å². The quantitative estimate of drug-likeness (QED) is 0.0793. The molecule has 0 spiro atoms. The molecule has 1 unspecified atom stereocenters. The van der Waals surface area contributed by atoms with Gasteiger partial charge in [-0.3, -0.25) is 4.79 Å². The van der Waals surface area contributed by atoms with Gasteiger partial charge in [0.1, 0.15) is 6.10 Å². The average molecular weight is 486 g/mol. The minimum Gasteiger partial charge on any atom is -0.549 e. The van der Waals surface area contributed by atoms with E-state index in [1.54, 1.807) is 0 Å². The number of nitrogens with zero attached hydrogens (tertiary/aromatic N) is 1. The minimum absolute atomic E-state index is 0.230. The first kappa shape index (κ1) is 28.3. The number of amides is 2. The van der Waals surface area contributed by atoms with Crippen LogP contribution in [-0.2, 0) is 28.5 Å². The number of nitrogens with two attached hydrogens (primary N) is 2. The van der Waals surface area contributed by atoms with E-state index in [1.807, 2.05) is 0 Å². The van der Waals surface area contributed by atoms with Crippen molar-refractivity contribution >= 4 is 30.1 Å². The molecule has 0 saturated carbocycles. The van der Waals surface area contributed by atoms with Gasteiger partial charge in [-0.15, -0.1) is 0 Å². The Hall–Kier alpha value is -3.75. The molecule has 34 heavy (non-hydrogen) atoms. The normalized spacial score (nSPS) is 20.7. The molecule has 15 heteroatoms. The molecule has 0 radical (unpaired) electrons. The summed E-state index contributed by atoms with van der Waals surface area (Å²) in [4.78, 5) is 51.0. The standard InChI is InChI=1S/C19H32N6O9/c1-10(26)24-14-11(25-17(21)22)9-13(16(27)31-2)33-15(14)12(5-8-32-19(29)30)34-18(28)23-7-4-3-6-20/h9,11-12,14-15H,3-8,20H2,1-2H3,(H7,21,22,23,24,25,26,28,29,30)/p-2/t11?,12-,14-,15+/m1/s1. The van der Waals surface area contributed by atoms with Crippen molar-refractivity contribution < 1.29 is 43.2 Å². The minimum atomic E-state index is -1.80. The molecule has 1 heterocycles. The molecule has 2 amide bonds. The monoisotopic (exact) mass is 486 g/mol. The summed E-state index contributed by atoms with van der Waals surface area (Å²) in [5.74, 6) is -2.35. The number of hydrogen-bond donors (Lipinski definition) is 4. The molecule has 1 aliphatic rings. The van der Waals surface area contributed by atoms with Crippen LogP contribution in [0.1, 0.15) is 26.2 Å². The lowest BCUT2D eigenvalue weighted by molar-refractivity contribution is -0.283. The molecule has 0 aliphatic carbocycles. The molecule has 4 atom stereocenters. The lowest BCUT2D eigenvalue weighted by Crippen LogP contribution is -2.58. The molecule has 0 aromatic rings. The summed E-state index contributed by atoms with van der Waals surface area (Å²) in [5, 5.41) is 15.8. The summed E-state index contributed by atoms with van der Waals surface area (Å²) in [5.41, 5.74) is 18.3. The van der Waals surface area contributed by atoms with Crippen molar-refractivity contribution in [3.05, 3.63) is 17.6 Å².